The third kappa shape index (κ3) is 3.26. The summed E-state index contributed by atoms with van der Waals surface area (Å²) in [6, 6.07) is 5.76. The molecule has 2 rings (SSSR count). The Kier molecular flexibility index (Phi) is 4.43. The molecule has 2 unspecified atom stereocenters. The predicted octanol–water partition coefficient (Wildman–Crippen LogP) is 2.88. The molecular formula is C15H21NO3. The summed E-state index contributed by atoms with van der Waals surface area (Å²) in [5.41, 5.74) is 2.37. The van der Waals surface area contributed by atoms with Crippen LogP contribution in [0.1, 0.15) is 43.7 Å². The number of rotatable bonds is 3. The average Bonchev–Trinajstić information content (AvgIpc) is 2.42. The van der Waals surface area contributed by atoms with E-state index < -0.39 is 6.10 Å². The van der Waals surface area contributed by atoms with Crippen LogP contribution in [0.4, 0.5) is 0 Å². The van der Waals surface area contributed by atoms with Crippen LogP contribution in [-0.2, 0) is 0 Å². The fourth-order valence-electron chi connectivity index (χ4n) is 2.46. The summed E-state index contributed by atoms with van der Waals surface area (Å²) >= 11 is 0. The molecule has 1 aromatic rings. The molecule has 4 heteroatoms. The van der Waals surface area contributed by atoms with Crippen LogP contribution in [0.3, 0.4) is 0 Å². The molecule has 0 bridgehead atoms. The van der Waals surface area contributed by atoms with Crippen molar-refractivity contribution in [1.82, 2.24) is 0 Å². The first kappa shape index (κ1) is 13.9. The minimum absolute atomic E-state index is 0.165. The minimum Gasteiger partial charge on any atom is -0.487 e. The maximum absolute atomic E-state index is 9.97. The highest BCUT2D eigenvalue weighted by molar-refractivity contribution is 6.00. The van der Waals surface area contributed by atoms with Gasteiger partial charge in [-0.15, -0.1) is 0 Å². The molecule has 0 spiro atoms. The molecule has 1 aromatic carbocycles. The van der Waals surface area contributed by atoms with Gasteiger partial charge in [0.2, 0.25) is 0 Å². The van der Waals surface area contributed by atoms with Crippen LogP contribution in [0.2, 0.25) is 0 Å². The average molecular weight is 263 g/mol. The Morgan fingerprint density at radius 1 is 1.32 bits per heavy atom. The van der Waals surface area contributed by atoms with Crippen molar-refractivity contribution in [1.29, 1.82) is 0 Å². The fraction of sp³-hybridized carbons (Fsp3) is 0.533. The summed E-state index contributed by atoms with van der Waals surface area (Å²) in [7, 11) is 0. The second-order valence-corrected chi connectivity index (χ2v) is 5.19. The van der Waals surface area contributed by atoms with Crippen molar-refractivity contribution in [3.63, 3.8) is 0 Å². The molecule has 104 valence electrons. The standard InChI is InChI=1S/C15H21NO3/c1-10-7-8-14(12(9-10)11(2)16-18)19-15-6-4-3-5-13(15)17/h7-9,13,15,17-18H,3-6H2,1-2H3/b16-11+. The highest BCUT2D eigenvalue weighted by Crippen LogP contribution is 2.27. The molecule has 4 nitrogen and oxygen atoms in total. The summed E-state index contributed by atoms with van der Waals surface area (Å²) in [6.07, 6.45) is 3.22. The van der Waals surface area contributed by atoms with E-state index in [1.165, 1.54) is 0 Å². The molecule has 2 N–H and O–H groups in total. The van der Waals surface area contributed by atoms with Crippen molar-refractivity contribution in [2.75, 3.05) is 0 Å². The lowest BCUT2D eigenvalue weighted by atomic mass is 9.94. The molecule has 0 radical (unpaired) electrons. The Bertz CT molecular complexity index is 470. The Morgan fingerprint density at radius 2 is 2.05 bits per heavy atom. The van der Waals surface area contributed by atoms with Gasteiger partial charge >= 0.3 is 0 Å². The number of ether oxygens (including phenoxy) is 1. The van der Waals surface area contributed by atoms with E-state index in [9.17, 15) is 5.11 Å². The summed E-state index contributed by atoms with van der Waals surface area (Å²) in [6.45, 7) is 3.71. The summed E-state index contributed by atoms with van der Waals surface area (Å²) < 4.78 is 5.93. The number of aliphatic hydroxyl groups is 1. The van der Waals surface area contributed by atoms with Crippen molar-refractivity contribution in [2.45, 2.75) is 51.7 Å². The highest BCUT2D eigenvalue weighted by atomic mass is 16.5. The maximum atomic E-state index is 9.97. The smallest absolute Gasteiger partial charge is 0.129 e. The van der Waals surface area contributed by atoms with E-state index in [4.69, 9.17) is 9.94 Å². The van der Waals surface area contributed by atoms with Gasteiger partial charge in [-0.2, -0.15) is 0 Å². The van der Waals surface area contributed by atoms with Crippen molar-refractivity contribution in [3.8, 4) is 5.75 Å². The van der Waals surface area contributed by atoms with Crippen LogP contribution < -0.4 is 4.74 Å². The van der Waals surface area contributed by atoms with Crippen LogP contribution in [0.15, 0.2) is 23.4 Å². The van der Waals surface area contributed by atoms with E-state index >= 15 is 0 Å². The van der Waals surface area contributed by atoms with E-state index in [1.54, 1.807) is 6.92 Å². The summed E-state index contributed by atoms with van der Waals surface area (Å²) in [5, 5.41) is 22.2. The van der Waals surface area contributed by atoms with E-state index in [1.807, 2.05) is 25.1 Å². The zero-order valence-corrected chi connectivity index (χ0v) is 11.5. The minimum atomic E-state index is -0.408. The molecule has 0 amide bonds. The fourth-order valence-corrected chi connectivity index (χ4v) is 2.46. The summed E-state index contributed by atoms with van der Waals surface area (Å²) in [4.78, 5) is 0. The monoisotopic (exact) mass is 263 g/mol. The second kappa shape index (κ2) is 6.06. The molecule has 1 saturated carbocycles. The topological polar surface area (TPSA) is 62.1 Å². The number of benzene rings is 1. The third-order valence-electron chi connectivity index (χ3n) is 3.62. The van der Waals surface area contributed by atoms with Crippen LogP contribution in [0, 0.1) is 6.92 Å². The zero-order valence-electron chi connectivity index (χ0n) is 11.5. The molecule has 0 saturated heterocycles. The van der Waals surface area contributed by atoms with Gasteiger partial charge in [-0.3, -0.25) is 0 Å². The number of hydrogen-bond acceptors (Lipinski definition) is 4. The van der Waals surface area contributed by atoms with Gasteiger partial charge in [0.05, 0.1) is 11.8 Å². The lowest BCUT2D eigenvalue weighted by Crippen LogP contribution is -2.35. The lowest BCUT2D eigenvalue weighted by Gasteiger charge is -2.29. The van der Waals surface area contributed by atoms with E-state index in [0.29, 0.717) is 11.5 Å². The predicted molar refractivity (Wildman–Crippen MR) is 74.1 cm³/mol. The number of aliphatic hydroxyl groups excluding tert-OH is 1. The Morgan fingerprint density at radius 3 is 2.74 bits per heavy atom. The number of oxime groups is 1. The van der Waals surface area contributed by atoms with E-state index in [0.717, 1.165) is 36.8 Å². The molecule has 0 aromatic heterocycles. The van der Waals surface area contributed by atoms with Crippen molar-refractivity contribution < 1.29 is 15.1 Å². The first-order valence-corrected chi connectivity index (χ1v) is 6.76. The van der Waals surface area contributed by atoms with Gasteiger partial charge in [0.15, 0.2) is 0 Å². The van der Waals surface area contributed by atoms with Gasteiger partial charge in [-0.05, 0) is 45.2 Å². The van der Waals surface area contributed by atoms with Crippen LogP contribution in [0.25, 0.3) is 0 Å². The Hall–Kier alpha value is -1.55. The van der Waals surface area contributed by atoms with Crippen LogP contribution >= 0.6 is 0 Å². The van der Waals surface area contributed by atoms with Gasteiger partial charge in [0, 0.05) is 5.56 Å². The van der Waals surface area contributed by atoms with Crippen molar-refractivity contribution in [3.05, 3.63) is 29.3 Å². The van der Waals surface area contributed by atoms with Crippen LogP contribution in [0.5, 0.6) is 5.75 Å². The summed E-state index contributed by atoms with van der Waals surface area (Å²) in [5.74, 6) is 0.673. The highest BCUT2D eigenvalue weighted by Gasteiger charge is 2.25. The van der Waals surface area contributed by atoms with Gasteiger partial charge in [-0.25, -0.2) is 0 Å². The maximum Gasteiger partial charge on any atom is 0.129 e. The third-order valence-corrected chi connectivity index (χ3v) is 3.62. The molecule has 1 aliphatic rings. The molecule has 2 atom stereocenters. The first-order valence-electron chi connectivity index (χ1n) is 6.76. The normalized spacial score (nSPS) is 24.3. The number of aryl methyl sites for hydroxylation is 1. The molecular weight excluding hydrogens is 242 g/mol. The van der Waals surface area contributed by atoms with Gasteiger partial charge < -0.3 is 15.1 Å². The zero-order chi connectivity index (χ0) is 13.8. The molecule has 1 aliphatic carbocycles. The molecule has 1 fully saturated rings. The van der Waals surface area contributed by atoms with Gasteiger partial charge in [0.1, 0.15) is 11.9 Å². The number of nitrogens with zero attached hydrogens (tertiary/aromatic N) is 1. The van der Waals surface area contributed by atoms with E-state index in [-0.39, 0.29) is 6.10 Å². The molecule has 0 aliphatic heterocycles. The van der Waals surface area contributed by atoms with Crippen molar-refractivity contribution >= 4 is 5.71 Å². The Balaban J connectivity index is 2.24. The van der Waals surface area contributed by atoms with Gasteiger partial charge in [-0.1, -0.05) is 23.2 Å². The quantitative estimate of drug-likeness (QED) is 0.501. The molecule has 0 heterocycles. The van der Waals surface area contributed by atoms with Gasteiger partial charge in [0.25, 0.3) is 0 Å². The first-order chi connectivity index (χ1) is 9.11. The molecule has 19 heavy (non-hydrogen) atoms. The van der Waals surface area contributed by atoms with E-state index in [2.05, 4.69) is 5.16 Å². The second-order valence-electron chi connectivity index (χ2n) is 5.19. The lowest BCUT2D eigenvalue weighted by molar-refractivity contribution is 0.00677. The Labute approximate surface area is 113 Å². The SMILES string of the molecule is C/C(=N\O)c1cc(C)ccc1OC1CCCCC1O. The largest absolute Gasteiger partial charge is 0.487 e. The van der Waals surface area contributed by atoms with Crippen molar-refractivity contribution in [2.24, 2.45) is 5.16 Å². The van der Waals surface area contributed by atoms with Crippen LogP contribution in [-0.4, -0.2) is 28.2 Å². The number of hydrogen-bond donors (Lipinski definition) is 2.